The lowest BCUT2D eigenvalue weighted by molar-refractivity contribution is -0.119. The summed E-state index contributed by atoms with van der Waals surface area (Å²) in [7, 11) is 0. The fourth-order valence-corrected chi connectivity index (χ4v) is 2.05. The molecule has 1 aromatic carbocycles. The van der Waals surface area contributed by atoms with Crippen LogP contribution < -0.4 is 10.6 Å². The molecule has 0 aliphatic rings. The summed E-state index contributed by atoms with van der Waals surface area (Å²) in [5.41, 5.74) is 7.74. The van der Waals surface area contributed by atoms with E-state index >= 15 is 0 Å². The predicted molar refractivity (Wildman–Crippen MR) is 81.3 cm³/mol. The van der Waals surface area contributed by atoms with Crippen LogP contribution in [-0.4, -0.2) is 19.0 Å². The largest absolute Gasteiger partial charge is 0.330 e. The Morgan fingerprint density at radius 1 is 1.37 bits per heavy atom. The fourth-order valence-electron chi connectivity index (χ4n) is 2.05. The molecule has 0 aliphatic heterocycles. The first-order valence-corrected chi connectivity index (χ1v) is 7.16. The summed E-state index contributed by atoms with van der Waals surface area (Å²) in [6, 6.07) is 8.04. The topological polar surface area (TPSA) is 46.3 Å². The molecule has 1 amide bonds. The monoisotopic (exact) mass is 262 g/mol. The van der Waals surface area contributed by atoms with Gasteiger partial charge in [-0.2, -0.15) is 0 Å². The Balaban J connectivity index is 2.88. The van der Waals surface area contributed by atoms with Gasteiger partial charge in [0.15, 0.2) is 0 Å². The molecule has 19 heavy (non-hydrogen) atoms. The minimum absolute atomic E-state index is 0.206. The second kappa shape index (κ2) is 7.95. The van der Waals surface area contributed by atoms with E-state index in [1.165, 1.54) is 0 Å². The maximum Gasteiger partial charge on any atom is 0.227 e. The molecule has 0 saturated carbocycles. The third-order valence-electron chi connectivity index (χ3n) is 3.51. The lowest BCUT2D eigenvalue weighted by Crippen LogP contribution is -2.34. The van der Waals surface area contributed by atoms with Crippen LogP contribution in [0.15, 0.2) is 24.3 Å². The van der Waals surface area contributed by atoms with Crippen molar-refractivity contribution < 1.29 is 4.79 Å². The molecule has 0 bridgehead atoms. The number of carbonyl (C=O) groups excluding carboxylic acids is 1. The number of hydrogen-bond donors (Lipinski definition) is 1. The molecule has 0 spiro atoms. The molecule has 0 saturated heterocycles. The van der Waals surface area contributed by atoms with Gasteiger partial charge in [-0.25, -0.2) is 0 Å². The summed E-state index contributed by atoms with van der Waals surface area (Å²) >= 11 is 0. The van der Waals surface area contributed by atoms with E-state index in [4.69, 9.17) is 5.73 Å². The molecule has 1 unspecified atom stereocenters. The van der Waals surface area contributed by atoms with Crippen molar-refractivity contribution in [3.8, 4) is 0 Å². The molecule has 1 atom stereocenters. The van der Waals surface area contributed by atoms with Crippen LogP contribution in [0.2, 0.25) is 0 Å². The minimum Gasteiger partial charge on any atom is -0.330 e. The highest BCUT2D eigenvalue weighted by molar-refractivity contribution is 5.94. The van der Waals surface area contributed by atoms with Gasteiger partial charge in [-0.05, 0) is 37.4 Å². The van der Waals surface area contributed by atoms with Gasteiger partial charge in [0.05, 0.1) is 0 Å². The number of rotatable bonds is 7. The first kappa shape index (κ1) is 15.7. The summed E-state index contributed by atoms with van der Waals surface area (Å²) < 4.78 is 0. The van der Waals surface area contributed by atoms with Crippen molar-refractivity contribution in [2.24, 2.45) is 11.7 Å². The maximum atomic E-state index is 12.5. The van der Waals surface area contributed by atoms with Crippen LogP contribution in [0, 0.1) is 12.8 Å². The van der Waals surface area contributed by atoms with Crippen LogP contribution in [0.1, 0.15) is 38.7 Å². The van der Waals surface area contributed by atoms with Gasteiger partial charge in [0, 0.05) is 18.7 Å². The van der Waals surface area contributed by atoms with E-state index in [1.807, 2.05) is 36.1 Å². The first-order chi connectivity index (χ1) is 9.10. The molecule has 3 nitrogen and oxygen atoms in total. The van der Waals surface area contributed by atoms with Gasteiger partial charge in [0.1, 0.15) is 0 Å². The molecule has 0 aliphatic carbocycles. The smallest absolute Gasteiger partial charge is 0.227 e. The fraction of sp³-hybridized carbons (Fsp3) is 0.562. The van der Waals surface area contributed by atoms with Crippen LogP contribution in [0.5, 0.6) is 0 Å². The van der Waals surface area contributed by atoms with Crippen molar-refractivity contribution in [2.45, 2.75) is 40.0 Å². The highest BCUT2D eigenvalue weighted by Crippen LogP contribution is 2.22. The quantitative estimate of drug-likeness (QED) is 0.820. The molecule has 0 heterocycles. The number of nitrogens with two attached hydrogens (primary N) is 1. The van der Waals surface area contributed by atoms with E-state index in [0.717, 1.165) is 24.1 Å². The molecular formula is C16H26N2O. The summed E-state index contributed by atoms with van der Waals surface area (Å²) in [5, 5.41) is 0. The predicted octanol–water partition coefficient (Wildman–Crippen LogP) is 3.11. The standard InChI is InChI=1S/C16H26N2O/c1-4-13(2)12-16(19)18(11-7-10-17)15-9-6-5-8-14(15)3/h5-6,8-9,13H,4,7,10-12,17H2,1-3H3. The second-order valence-electron chi connectivity index (χ2n) is 5.19. The highest BCUT2D eigenvalue weighted by Gasteiger charge is 2.18. The Hall–Kier alpha value is -1.35. The average Bonchev–Trinajstić information content (AvgIpc) is 2.40. The second-order valence-corrected chi connectivity index (χ2v) is 5.19. The van der Waals surface area contributed by atoms with Crippen molar-refractivity contribution >= 4 is 11.6 Å². The van der Waals surface area contributed by atoms with E-state index in [9.17, 15) is 4.79 Å². The van der Waals surface area contributed by atoms with Gasteiger partial charge < -0.3 is 10.6 Å². The number of nitrogens with zero attached hydrogens (tertiary/aromatic N) is 1. The van der Waals surface area contributed by atoms with Gasteiger partial charge in [-0.1, -0.05) is 38.5 Å². The van der Waals surface area contributed by atoms with Crippen LogP contribution in [0.4, 0.5) is 5.69 Å². The van der Waals surface area contributed by atoms with Crippen molar-refractivity contribution in [3.63, 3.8) is 0 Å². The van der Waals surface area contributed by atoms with Crippen LogP contribution in [0.3, 0.4) is 0 Å². The van der Waals surface area contributed by atoms with E-state index in [2.05, 4.69) is 13.8 Å². The van der Waals surface area contributed by atoms with Crippen LogP contribution in [0.25, 0.3) is 0 Å². The average molecular weight is 262 g/mol. The van der Waals surface area contributed by atoms with E-state index in [-0.39, 0.29) is 5.91 Å². The highest BCUT2D eigenvalue weighted by atomic mass is 16.2. The number of benzene rings is 1. The summed E-state index contributed by atoms with van der Waals surface area (Å²) in [5.74, 6) is 0.633. The van der Waals surface area contributed by atoms with E-state index in [1.54, 1.807) is 0 Å². The zero-order chi connectivity index (χ0) is 14.3. The van der Waals surface area contributed by atoms with E-state index < -0.39 is 0 Å². The summed E-state index contributed by atoms with van der Waals surface area (Å²) in [4.78, 5) is 14.4. The maximum absolute atomic E-state index is 12.5. The number of para-hydroxylation sites is 1. The molecule has 106 valence electrons. The molecule has 1 rings (SSSR count). The van der Waals surface area contributed by atoms with Crippen molar-refractivity contribution in [3.05, 3.63) is 29.8 Å². The molecule has 2 N–H and O–H groups in total. The number of hydrogen-bond acceptors (Lipinski definition) is 2. The molecule has 1 aromatic rings. The number of amides is 1. The Labute approximate surface area is 116 Å². The molecule has 0 aromatic heterocycles. The summed E-state index contributed by atoms with van der Waals surface area (Å²) in [6.45, 7) is 7.60. The molecule has 0 radical (unpaired) electrons. The van der Waals surface area contributed by atoms with Gasteiger partial charge in [0.25, 0.3) is 0 Å². The van der Waals surface area contributed by atoms with Gasteiger partial charge in [0.2, 0.25) is 5.91 Å². The van der Waals surface area contributed by atoms with Gasteiger partial charge >= 0.3 is 0 Å². The normalized spacial score (nSPS) is 12.2. The lowest BCUT2D eigenvalue weighted by atomic mass is 10.0. The lowest BCUT2D eigenvalue weighted by Gasteiger charge is -2.25. The van der Waals surface area contributed by atoms with Crippen LogP contribution >= 0.6 is 0 Å². The Bertz CT molecular complexity index is 403. The Kier molecular flexibility index (Phi) is 6.57. The molecule has 3 heteroatoms. The zero-order valence-electron chi connectivity index (χ0n) is 12.4. The van der Waals surface area contributed by atoms with E-state index in [0.29, 0.717) is 25.4 Å². The zero-order valence-corrected chi connectivity index (χ0v) is 12.4. The van der Waals surface area contributed by atoms with Crippen molar-refractivity contribution in [1.29, 1.82) is 0 Å². The third kappa shape index (κ3) is 4.67. The van der Waals surface area contributed by atoms with Gasteiger partial charge in [-0.15, -0.1) is 0 Å². The minimum atomic E-state index is 0.206. The van der Waals surface area contributed by atoms with Crippen LogP contribution in [-0.2, 0) is 4.79 Å². The Morgan fingerprint density at radius 2 is 2.05 bits per heavy atom. The van der Waals surface area contributed by atoms with Crippen molar-refractivity contribution in [1.82, 2.24) is 0 Å². The summed E-state index contributed by atoms with van der Waals surface area (Å²) in [6.07, 6.45) is 2.47. The number of aryl methyl sites for hydroxylation is 1. The molecular weight excluding hydrogens is 236 g/mol. The number of anilines is 1. The SMILES string of the molecule is CCC(C)CC(=O)N(CCCN)c1ccccc1C. The third-order valence-corrected chi connectivity index (χ3v) is 3.51. The number of carbonyl (C=O) groups is 1. The Morgan fingerprint density at radius 3 is 2.63 bits per heavy atom. The van der Waals surface area contributed by atoms with Crippen molar-refractivity contribution in [2.75, 3.05) is 18.0 Å². The van der Waals surface area contributed by atoms with Gasteiger partial charge in [-0.3, -0.25) is 4.79 Å². The first-order valence-electron chi connectivity index (χ1n) is 7.16. The molecule has 0 fully saturated rings.